The molecule has 0 bridgehead atoms. The quantitative estimate of drug-likeness (QED) is 0.136. The monoisotopic (exact) mass is 511 g/mol. The van der Waals surface area contributed by atoms with Gasteiger partial charge in [0.25, 0.3) is 0 Å². The number of hydrogen-bond donors (Lipinski definition) is 0. The lowest BCUT2D eigenvalue weighted by atomic mass is 10.2. The van der Waals surface area contributed by atoms with E-state index in [0.717, 1.165) is 5.56 Å². The minimum absolute atomic E-state index is 0.167. The highest BCUT2D eigenvalue weighted by molar-refractivity contribution is 6.84. The van der Waals surface area contributed by atoms with Crippen molar-refractivity contribution in [1.29, 1.82) is 0 Å². The number of hydrogen-bond acceptors (Lipinski definition) is 4. The van der Waals surface area contributed by atoms with E-state index in [0.29, 0.717) is 17.2 Å². The normalized spacial score (nSPS) is 10.9. The predicted octanol–water partition coefficient (Wildman–Crippen LogP) is 6.28. The lowest BCUT2D eigenvalue weighted by Crippen LogP contribution is -2.17. The van der Waals surface area contributed by atoms with Crippen LogP contribution in [-0.4, -0.2) is 44.0 Å². The fraction of sp³-hybridized carbons (Fsp3) is 0.520. The van der Waals surface area contributed by atoms with Crippen molar-refractivity contribution in [3.63, 3.8) is 0 Å². The fourth-order valence-corrected chi connectivity index (χ4v) is 4.24. The Kier molecular flexibility index (Phi) is 11.4. The highest BCUT2D eigenvalue weighted by Crippen LogP contribution is 2.39. The first-order valence-corrected chi connectivity index (χ1v) is 21.8. The van der Waals surface area contributed by atoms with E-state index in [2.05, 4.69) is 103 Å². The molecule has 1 rings (SSSR count). The van der Waals surface area contributed by atoms with Gasteiger partial charge in [-0.3, -0.25) is 0 Å². The zero-order chi connectivity index (χ0) is 25.8. The highest BCUT2D eigenvalue weighted by Gasteiger charge is 2.16. The molecule has 0 aliphatic heterocycles. The van der Waals surface area contributed by atoms with Crippen molar-refractivity contribution < 1.29 is 14.2 Å². The van der Waals surface area contributed by atoms with E-state index < -0.39 is 24.2 Å². The summed E-state index contributed by atoms with van der Waals surface area (Å²) in [5.41, 5.74) is 19.4. The van der Waals surface area contributed by atoms with Crippen molar-refractivity contribution in [3.8, 4) is 51.6 Å². The SMILES string of the molecule is C[Si](C)(C)C#CCOc1cc(CN=[N+]=[N-])cc(OCC#C[Si](C)(C)C)c1OCC#C[Si](C)(C)C. The molecule has 0 amide bonds. The summed E-state index contributed by atoms with van der Waals surface area (Å²) in [4.78, 5) is 2.86. The van der Waals surface area contributed by atoms with E-state index in [1.54, 1.807) is 12.1 Å². The standard InChI is InChI=1S/C25H37N3O3Si3/c1-32(2,3)16-10-13-29-23-19-22(21-27-28-26)20-24(30-14-11-17-33(4,5)6)25(23)31-15-12-18-34(7,8)9/h19-20H,13-15,21H2,1-9H3. The molecular weight excluding hydrogens is 475 g/mol. The Morgan fingerprint density at radius 1 is 0.706 bits per heavy atom. The van der Waals surface area contributed by atoms with Gasteiger partial charge in [-0.15, -0.1) is 16.6 Å². The molecule has 0 aromatic heterocycles. The smallest absolute Gasteiger partial charge is 0.204 e. The van der Waals surface area contributed by atoms with E-state index in [9.17, 15) is 0 Å². The van der Waals surface area contributed by atoms with Crippen molar-refractivity contribution in [2.75, 3.05) is 19.8 Å². The van der Waals surface area contributed by atoms with Gasteiger partial charge in [0.15, 0.2) is 11.5 Å². The Morgan fingerprint density at radius 2 is 1.09 bits per heavy atom. The van der Waals surface area contributed by atoms with E-state index in [4.69, 9.17) is 19.7 Å². The van der Waals surface area contributed by atoms with Crippen LogP contribution in [0.5, 0.6) is 17.2 Å². The van der Waals surface area contributed by atoms with Gasteiger partial charge in [0.05, 0.1) is 6.54 Å². The lowest BCUT2D eigenvalue weighted by Gasteiger charge is -2.16. The molecule has 0 radical (unpaired) electrons. The van der Waals surface area contributed by atoms with Gasteiger partial charge in [0.1, 0.15) is 44.0 Å². The summed E-state index contributed by atoms with van der Waals surface area (Å²) >= 11 is 0. The molecule has 0 aliphatic carbocycles. The van der Waals surface area contributed by atoms with Gasteiger partial charge < -0.3 is 14.2 Å². The third kappa shape index (κ3) is 13.7. The minimum Gasteiger partial charge on any atom is -0.477 e. The van der Waals surface area contributed by atoms with Crippen LogP contribution in [0.3, 0.4) is 0 Å². The number of ether oxygens (including phenoxy) is 3. The van der Waals surface area contributed by atoms with Gasteiger partial charge in [-0.05, 0) is 23.2 Å². The summed E-state index contributed by atoms with van der Waals surface area (Å²) in [6, 6.07) is 3.60. The molecular formula is C25H37N3O3Si3. The second kappa shape index (κ2) is 13.2. The van der Waals surface area contributed by atoms with E-state index in [-0.39, 0.29) is 26.4 Å². The number of benzene rings is 1. The molecule has 0 heterocycles. The maximum Gasteiger partial charge on any atom is 0.204 e. The van der Waals surface area contributed by atoms with E-state index >= 15 is 0 Å². The van der Waals surface area contributed by atoms with Gasteiger partial charge in [0, 0.05) is 4.91 Å². The largest absolute Gasteiger partial charge is 0.477 e. The first-order chi connectivity index (χ1) is 15.7. The minimum atomic E-state index is -1.51. The molecule has 182 valence electrons. The van der Waals surface area contributed by atoms with Crippen molar-refractivity contribution in [2.45, 2.75) is 65.5 Å². The molecule has 0 atom stereocenters. The first-order valence-electron chi connectivity index (χ1n) is 11.3. The summed E-state index contributed by atoms with van der Waals surface area (Å²) in [6.07, 6.45) is 0. The summed E-state index contributed by atoms with van der Waals surface area (Å²) in [6.45, 7) is 20.5. The highest BCUT2D eigenvalue weighted by atomic mass is 28.3. The summed E-state index contributed by atoms with van der Waals surface area (Å²) < 4.78 is 18.0. The molecule has 0 unspecified atom stereocenters. The molecule has 34 heavy (non-hydrogen) atoms. The van der Waals surface area contributed by atoms with Crippen LogP contribution < -0.4 is 14.2 Å². The molecule has 0 saturated carbocycles. The van der Waals surface area contributed by atoms with Crippen LogP contribution in [-0.2, 0) is 6.54 Å². The van der Waals surface area contributed by atoms with Gasteiger partial charge in [0.2, 0.25) is 5.75 Å². The molecule has 0 saturated heterocycles. The van der Waals surface area contributed by atoms with Gasteiger partial charge in [-0.2, -0.15) is 0 Å². The predicted molar refractivity (Wildman–Crippen MR) is 149 cm³/mol. The van der Waals surface area contributed by atoms with E-state index in [1.807, 2.05) is 0 Å². The molecule has 1 aromatic carbocycles. The number of rotatable bonds is 8. The van der Waals surface area contributed by atoms with Gasteiger partial charge in [-0.25, -0.2) is 0 Å². The number of azide groups is 1. The van der Waals surface area contributed by atoms with Crippen LogP contribution >= 0.6 is 0 Å². The molecule has 1 aromatic rings. The second-order valence-corrected chi connectivity index (χ2v) is 25.1. The fourth-order valence-electron chi connectivity index (χ4n) is 2.43. The Bertz CT molecular complexity index is 1020. The molecule has 0 aliphatic rings. The average Bonchev–Trinajstić information content (AvgIpc) is 2.69. The molecule has 0 fully saturated rings. The van der Waals surface area contributed by atoms with Crippen molar-refractivity contribution in [1.82, 2.24) is 0 Å². The number of nitrogens with zero attached hydrogens (tertiary/aromatic N) is 3. The molecule has 0 spiro atoms. The zero-order valence-corrected chi connectivity index (χ0v) is 25.0. The summed E-state index contributed by atoms with van der Waals surface area (Å²) in [5.74, 6) is 10.8. The van der Waals surface area contributed by atoms with Crippen LogP contribution in [0.4, 0.5) is 0 Å². The van der Waals surface area contributed by atoms with Crippen LogP contribution in [0.1, 0.15) is 5.56 Å². The Balaban J connectivity index is 3.34. The first kappa shape index (κ1) is 29.3. The van der Waals surface area contributed by atoms with Crippen LogP contribution in [0, 0.1) is 34.4 Å². The lowest BCUT2D eigenvalue weighted by molar-refractivity contribution is 0.285. The average molecular weight is 512 g/mol. The third-order valence-electron chi connectivity index (χ3n) is 3.68. The molecule has 0 N–H and O–H groups in total. The molecule has 6 nitrogen and oxygen atoms in total. The second-order valence-electron chi connectivity index (χ2n) is 10.8. The van der Waals surface area contributed by atoms with E-state index in [1.165, 1.54) is 0 Å². The van der Waals surface area contributed by atoms with Crippen LogP contribution in [0.25, 0.3) is 10.4 Å². The van der Waals surface area contributed by atoms with Crippen LogP contribution in [0.15, 0.2) is 17.2 Å². The Hall–Kier alpha value is -2.74. The van der Waals surface area contributed by atoms with Crippen molar-refractivity contribution in [2.24, 2.45) is 5.11 Å². The summed E-state index contributed by atoms with van der Waals surface area (Å²) in [7, 11) is -4.53. The van der Waals surface area contributed by atoms with Crippen molar-refractivity contribution >= 4 is 24.2 Å². The zero-order valence-electron chi connectivity index (χ0n) is 22.0. The van der Waals surface area contributed by atoms with Crippen molar-refractivity contribution in [3.05, 3.63) is 28.1 Å². The van der Waals surface area contributed by atoms with Gasteiger partial charge in [-0.1, -0.05) is 81.8 Å². The molecule has 9 heteroatoms. The Morgan fingerprint density at radius 3 is 1.44 bits per heavy atom. The maximum atomic E-state index is 8.76. The third-order valence-corrected chi connectivity index (χ3v) is 6.46. The van der Waals surface area contributed by atoms with Gasteiger partial charge >= 0.3 is 0 Å². The topological polar surface area (TPSA) is 76.5 Å². The maximum absolute atomic E-state index is 8.76. The summed E-state index contributed by atoms with van der Waals surface area (Å²) in [5, 5.41) is 3.68. The Labute approximate surface area is 208 Å². The van der Waals surface area contributed by atoms with Crippen LogP contribution in [0.2, 0.25) is 58.9 Å².